The van der Waals surface area contributed by atoms with Gasteiger partial charge in [0.25, 0.3) is 12.3 Å². The van der Waals surface area contributed by atoms with Crippen LogP contribution in [-0.2, 0) is 10.9 Å². The van der Waals surface area contributed by atoms with E-state index in [0.29, 0.717) is 11.3 Å². The smallest absolute Gasteiger partial charge is 0.433 e. The van der Waals surface area contributed by atoms with Gasteiger partial charge in [-0.2, -0.15) is 13.2 Å². The first-order valence-corrected chi connectivity index (χ1v) is 14.7. The number of piperidine rings is 1. The van der Waals surface area contributed by atoms with Gasteiger partial charge in [-0.05, 0) is 69.3 Å². The van der Waals surface area contributed by atoms with Gasteiger partial charge >= 0.3 is 6.18 Å². The van der Waals surface area contributed by atoms with E-state index < -0.39 is 18.2 Å². The summed E-state index contributed by atoms with van der Waals surface area (Å²) in [4.78, 5) is 19.3. The number of nitrogens with zero attached hydrogens (tertiary/aromatic N) is 3. The van der Waals surface area contributed by atoms with Gasteiger partial charge < -0.3 is 15.4 Å². The predicted octanol–water partition coefficient (Wildman–Crippen LogP) is 4.69. The van der Waals surface area contributed by atoms with Crippen molar-refractivity contribution in [2.24, 2.45) is 0 Å². The average Bonchev–Trinajstić information content (AvgIpc) is 3.72. The van der Waals surface area contributed by atoms with E-state index in [2.05, 4.69) is 21.0 Å². The molecule has 2 aliphatic heterocycles. The zero-order chi connectivity index (χ0) is 28.4. The number of carbonyl (C=O) groups excluding carboxylic acids is 1. The largest absolute Gasteiger partial charge is 0.457 e. The average molecular weight is 571 g/mol. The third-order valence-electron chi connectivity index (χ3n) is 8.44. The van der Waals surface area contributed by atoms with Crippen LogP contribution in [0.4, 0.5) is 13.2 Å². The lowest BCUT2D eigenvalue weighted by molar-refractivity contribution is -0.141. The van der Waals surface area contributed by atoms with Gasteiger partial charge in [-0.15, -0.1) is 0 Å². The van der Waals surface area contributed by atoms with Crippen molar-refractivity contribution in [2.45, 2.75) is 94.1 Å². The summed E-state index contributed by atoms with van der Waals surface area (Å²) in [7, 11) is 0. The van der Waals surface area contributed by atoms with Gasteiger partial charge in [-0.25, -0.2) is 10.4 Å². The van der Waals surface area contributed by atoms with Gasteiger partial charge in [0, 0.05) is 29.7 Å². The fraction of sp³-hybridized carbons (Fsp3) is 0.533. The number of pyridine rings is 1. The van der Waals surface area contributed by atoms with Crippen LogP contribution >= 0.6 is 0 Å². The maximum atomic E-state index is 13.5. The van der Waals surface area contributed by atoms with Crippen LogP contribution in [0.25, 0.3) is 0 Å². The summed E-state index contributed by atoms with van der Waals surface area (Å²) >= 11 is 0. The highest BCUT2D eigenvalue weighted by molar-refractivity contribution is 5.94. The number of ether oxygens (including phenoxy) is 1. The van der Waals surface area contributed by atoms with E-state index in [0.717, 1.165) is 64.0 Å². The number of hydrazine groups is 1. The van der Waals surface area contributed by atoms with Crippen LogP contribution in [0.1, 0.15) is 79.2 Å². The normalized spacial score (nSPS) is 28.4. The van der Waals surface area contributed by atoms with E-state index in [1.807, 2.05) is 46.4 Å². The maximum Gasteiger partial charge on any atom is 0.433 e. The molecule has 5 atom stereocenters. The van der Waals surface area contributed by atoms with Crippen molar-refractivity contribution in [1.29, 1.82) is 0 Å². The Hall–Kier alpha value is -3.15. The molecule has 3 fully saturated rings. The van der Waals surface area contributed by atoms with Crippen LogP contribution in [0.15, 0.2) is 61.0 Å². The number of hydrogen-bond acceptors (Lipinski definition) is 7. The lowest BCUT2D eigenvalue weighted by atomic mass is 9.87. The minimum atomic E-state index is -4.48. The first-order chi connectivity index (χ1) is 19.9. The molecular weight excluding hydrogens is 533 g/mol. The molecule has 3 heterocycles. The Balaban J connectivity index is 1.16. The molecule has 6 rings (SSSR count). The molecule has 1 aromatic carbocycles. The third kappa shape index (κ3) is 6.37. The number of amides is 1. The second kappa shape index (κ2) is 12.0. The minimum absolute atomic E-state index is 0.0579. The van der Waals surface area contributed by atoms with Crippen LogP contribution < -0.4 is 16.1 Å². The fourth-order valence-electron chi connectivity index (χ4n) is 6.26. The molecule has 0 bridgehead atoms. The Kier molecular flexibility index (Phi) is 8.19. The summed E-state index contributed by atoms with van der Waals surface area (Å²) in [5.41, 5.74) is 3.82. The van der Waals surface area contributed by atoms with Crippen LogP contribution in [0.2, 0.25) is 0 Å². The molecule has 4 aliphatic rings. The molecule has 2 aromatic rings. The van der Waals surface area contributed by atoms with E-state index >= 15 is 0 Å². The molecule has 1 aromatic heterocycles. The maximum absolute atomic E-state index is 13.5. The Bertz CT molecular complexity index is 1220. The van der Waals surface area contributed by atoms with Crippen LogP contribution in [0.5, 0.6) is 0 Å². The van der Waals surface area contributed by atoms with Crippen molar-refractivity contribution in [3.8, 4) is 0 Å². The number of benzene rings is 1. The molecule has 3 N–H and O–H groups in total. The summed E-state index contributed by atoms with van der Waals surface area (Å²) < 4.78 is 46.1. The van der Waals surface area contributed by atoms with Gasteiger partial charge in [0.2, 0.25) is 0 Å². The molecule has 0 spiro atoms. The number of hydrogen-bond donors (Lipinski definition) is 3. The minimum Gasteiger partial charge on any atom is -0.457 e. The van der Waals surface area contributed by atoms with Gasteiger partial charge in [0.05, 0.1) is 17.9 Å². The zero-order valence-electron chi connectivity index (χ0n) is 22.9. The lowest BCUT2D eigenvalue weighted by Gasteiger charge is -2.43. The van der Waals surface area contributed by atoms with E-state index in [1.54, 1.807) is 12.3 Å². The molecule has 220 valence electrons. The van der Waals surface area contributed by atoms with E-state index in [9.17, 15) is 18.0 Å². The number of halogens is 3. The number of nitrogens with one attached hydrogen (secondary N) is 3. The highest BCUT2D eigenvalue weighted by atomic mass is 19.4. The number of rotatable bonds is 8. The number of aromatic nitrogens is 1. The monoisotopic (exact) mass is 570 g/mol. The lowest BCUT2D eigenvalue weighted by Crippen LogP contribution is -2.62. The molecule has 11 heteroatoms. The van der Waals surface area contributed by atoms with Gasteiger partial charge in [-0.1, -0.05) is 37.1 Å². The standard InChI is InChI=1S/C30H37F3N6O2/c31-30(32,33)26-14-6-12-25(36-26)27-24(13-7-17-34-27)35-22-10-4-5-11-23(22)37-38-18-19-41-29(38)39(21-15-16-21)28(40)20-8-2-1-3-9-20/h1-3,6,8-9,12,14,18-19,21-24,27,29,34-35,37H,4-5,7,10-11,13,15-17H2/t22-,23-,24+,27+,29?/m1/s1. The second-order valence-electron chi connectivity index (χ2n) is 11.4. The first-order valence-electron chi connectivity index (χ1n) is 14.7. The third-order valence-corrected chi connectivity index (χ3v) is 8.44. The molecule has 1 saturated heterocycles. The van der Waals surface area contributed by atoms with E-state index in [4.69, 9.17) is 4.74 Å². The van der Waals surface area contributed by atoms with E-state index in [-0.39, 0.29) is 36.1 Å². The zero-order valence-corrected chi connectivity index (χ0v) is 22.9. The van der Waals surface area contributed by atoms with Crippen molar-refractivity contribution >= 4 is 5.91 Å². The fourth-order valence-corrected chi connectivity index (χ4v) is 6.26. The summed E-state index contributed by atoms with van der Waals surface area (Å²) in [6.07, 6.45) is 6.05. The number of carbonyl (C=O) groups is 1. The second-order valence-corrected chi connectivity index (χ2v) is 11.4. The van der Waals surface area contributed by atoms with E-state index in [1.165, 1.54) is 6.07 Å². The Labute approximate surface area is 238 Å². The summed E-state index contributed by atoms with van der Waals surface area (Å²) in [5, 5.41) is 9.11. The highest BCUT2D eigenvalue weighted by Crippen LogP contribution is 2.34. The number of alkyl halides is 3. The van der Waals surface area contributed by atoms with Gasteiger partial charge in [0.1, 0.15) is 12.0 Å². The van der Waals surface area contributed by atoms with Crippen molar-refractivity contribution in [3.05, 3.63) is 77.9 Å². The molecule has 1 unspecified atom stereocenters. The van der Waals surface area contributed by atoms with Crippen LogP contribution in [0, 0.1) is 0 Å². The summed E-state index contributed by atoms with van der Waals surface area (Å²) in [6, 6.07) is 13.3. The summed E-state index contributed by atoms with van der Waals surface area (Å²) in [6.45, 7) is 0.733. The first kappa shape index (κ1) is 28.0. The van der Waals surface area contributed by atoms with Gasteiger partial charge in [-0.3, -0.25) is 14.7 Å². The highest BCUT2D eigenvalue weighted by Gasteiger charge is 2.43. The molecule has 8 nitrogen and oxygen atoms in total. The molecule has 2 saturated carbocycles. The Morgan fingerprint density at radius 3 is 2.46 bits per heavy atom. The molecule has 41 heavy (non-hydrogen) atoms. The van der Waals surface area contributed by atoms with Crippen LogP contribution in [0.3, 0.4) is 0 Å². The van der Waals surface area contributed by atoms with Crippen molar-refractivity contribution in [3.63, 3.8) is 0 Å². The van der Waals surface area contributed by atoms with Crippen LogP contribution in [-0.4, -0.2) is 57.9 Å². The molecule has 1 amide bonds. The van der Waals surface area contributed by atoms with Crippen molar-refractivity contribution < 1.29 is 22.7 Å². The Morgan fingerprint density at radius 1 is 0.951 bits per heavy atom. The van der Waals surface area contributed by atoms with Crippen molar-refractivity contribution in [2.75, 3.05) is 6.54 Å². The van der Waals surface area contributed by atoms with Crippen molar-refractivity contribution in [1.82, 2.24) is 31.0 Å². The quantitative estimate of drug-likeness (QED) is 0.425. The Morgan fingerprint density at radius 2 is 1.71 bits per heavy atom. The SMILES string of the molecule is O=C(c1ccccc1)N(C1CC1)C1OC=CN1N[C@@H]1CCCC[C@H]1N[C@H]1CCCN[C@@H]1c1cccc(C(F)(F)F)n1. The molecular formula is C30H37F3N6O2. The molecule has 0 radical (unpaired) electrons. The predicted molar refractivity (Wildman–Crippen MR) is 147 cm³/mol. The molecule has 2 aliphatic carbocycles. The van der Waals surface area contributed by atoms with Gasteiger partial charge in [0.15, 0.2) is 0 Å². The summed E-state index contributed by atoms with van der Waals surface area (Å²) in [5.74, 6) is -0.0587. The topological polar surface area (TPSA) is 81.8 Å².